The number of hydrogen-bond donors (Lipinski definition) is 1. The Kier molecular flexibility index (Phi) is 5.22. The molecule has 3 atom stereocenters. The Morgan fingerprint density at radius 2 is 2.41 bits per heavy atom. The Hall–Kier alpha value is -0.160. The van der Waals surface area contributed by atoms with E-state index >= 15 is 0 Å². The Bertz CT molecular complexity index is 219. The first-order valence-electron chi connectivity index (χ1n) is 6.83. The summed E-state index contributed by atoms with van der Waals surface area (Å²) in [5, 5.41) is 3.53. The predicted octanol–water partition coefficient (Wildman–Crippen LogP) is 0.722. The van der Waals surface area contributed by atoms with E-state index in [2.05, 4.69) is 17.1 Å². The molecule has 0 bridgehead atoms. The summed E-state index contributed by atoms with van der Waals surface area (Å²) in [6.07, 6.45) is 2.48. The van der Waals surface area contributed by atoms with Crippen LogP contribution in [0, 0.1) is 5.92 Å². The van der Waals surface area contributed by atoms with Crippen LogP contribution in [0.15, 0.2) is 0 Å². The molecule has 0 aliphatic carbocycles. The van der Waals surface area contributed by atoms with Gasteiger partial charge in [-0.15, -0.1) is 0 Å². The van der Waals surface area contributed by atoms with Gasteiger partial charge < -0.3 is 19.7 Å². The summed E-state index contributed by atoms with van der Waals surface area (Å²) in [4.78, 5) is 2.60. The predicted molar refractivity (Wildman–Crippen MR) is 68.2 cm³/mol. The maximum absolute atomic E-state index is 5.50. The van der Waals surface area contributed by atoms with Crippen LogP contribution >= 0.6 is 0 Å². The summed E-state index contributed by atoms with van der Waals surface area (Å²) in [5.41, 5.74) is 0. The molecule has 4 heteroatoms. The molecule has 0 spiro atoms. The molecule has 0 aromatic rings. The van der Waals surface area contributed by atoms with Crippen molar-refractivity contribution in [3.63, 3.8) is 0 Å². The topological polar surface area (TPSA) is 33.7 Å². The Morgan fingerprint density at radius 1 is 1.53 bits per heavy atom. The van der Waals surface area contributed by atoms with Crippen molar-refractivity contribution < 1.29 is 9.47 Å². The number of morpholine rings is 1. The van der Waals surface area contributed by atoms with Gasteiger partial charge in [0.2, 0.25) is 0 Å². The van der Waals surface area contributed by atoms with Gasteiger partial charge in [-0.05, 0) is 32.2 Å². The van der Waals surface area contributed by atoms with Crippen LogP contribution < -0.4 is 5.32 Å². The van der Waals surface area contributed by atoms with Gasteiger partial charge in [0.1, 0.15) is 0 Å². The summed E-state index contributed by atoms with van der Waals surface area (Å²) >= 11 is 0. The molecule has 0 amide bonds. The summed E-state index contributed by atoms with van der Waals surface area (Å²) < 4.78 is 10.7. The average molecular weight is 242 g/mol. The van der Waals surface area contributed by atoms with Gasteiger partial charge in [0.25, 0.3) is 0 Å². The Balaban J connectivity index is 1.70. The number of rotatable bonds is 5. The van der Waals surface area contributed by atoms with Crippen LogP contribution in [0.5, 0.6) is 0 Å². The Labute approximate surface area is 105 Å². The fraction of sp³-hybridized carbons (Fsp3) is 1.00. The van der Waals surface area contributed by atoms with Crippen LogP contribution in [0.1, 0.15) is 19.8 Å². The highest BCUT2D eigenvalue weighted by Gasteiger charge is 2.27. The van der Waals surface area contributed by atoms with E-state index in [1.165, 1.54) is 25.9 Å². The first-order chi connectivity index (χ1) is 8.29. The van der Waals surface area contributed by atoms with E-state index in [1.807, 2.05) is 0 Å². The minimum Gasteiger partial charge on any atom is -0.384 e. The van der Waals surface area contributed by atoms with Crippen molar-refractivity contribution in [3.05, 3.63) is 0 Å². The molecule has 2 saturated heterocycles. The summed E-state index contributed by atoms with van der Waals surface area (Å²) in [5.74, 6) is 0.734. The van der Waals surface area contributed by atoms with Gasteiger partial charge in [-0.2, -0.15) is 0 Å². The number of nitrogens with one attached hydrogen (secondary N) is 1. The van der Waals surface area contributed by atoms with Crippen LogP contribution in [-0.2, 0) is 9.47 Å². The highest BCUT2D eigenvalue weighted by molar-refractivity contribution is 4.83. The molecule has 0 radical (unpaired) electrons. The minimum atomic E-state index is 0.542. The van der Waals surface area contributed by atoms with Crippen molar-refractivity contribution in [2.45, 2.75) is 31.8 Å². The molecular formula is C13H26N2O2. The minimum absolute atomic E-state index is 0.542. The highest BCUT2D eigenvalue weighted by atomic mass is 16.5. The van der Waals surface area contributed by atoms with E-state index in [-0.39, 0.29) is 0 Å². The van der Waals surface area contributed by atoms with Gasteiger partial charge in [0.15, 0.2) is 0 Å². The van der Waals surface area contributed by atoms with Crippen LogP contribution in [0.4, 0.5) is 0 Å². The molecule has 0 aromatic carbocycles. The normalized spacial score (nSPS) is 32.8. The van der Waals surface area contributed by atoms with E-state index in [4.69, 9.17) is 9.47 Å². The molecule has 2 heterocycles. The van der Waals surface area contributed by atoms with Gasteiger partial charge >= 0.3 is 0 Å². The number of likely N-dealkylation sites (tertiary alicyclic amines) is 1. The number of ether oxygens (including phenoxy) is 2. The average Bonchev–Trinajstić information content (AvgIpc) is 2.79. The molecule has 2 aliphatic heterocycles. The summed E-state index contributed by atoms with van der Waals surface area (Å²) in [6.45, 7) is 8.42. The largest absolute Gasteiger partial charge is 0.384 e. The fourth-order valence-corrected chi connectivity index (χ4v) is 2.97. The molecule has 1 N–H and O–H groups in total. The van der Waals surface area contributed by atoms with Crippen LogP contribution in [-0.4, -0.2) is 63.5 Å². The van der Waals surface area contributed by atoms with Crippen molar-refractivity contribution in [1.82, 2.24) is 10.2 Å². The molecule has 2 aliphatic rings. The van der Waals surface area contributed by atoms with Gasteiger partial charge in [0.05, 0.1) is 19.8 Å². The maximum atomic E-state index is 5.50. The van der Waals surface area contributed by atoms with Crippen molar-refractivity contribution in [2.24, 2.45) is 5.92 Å². The molecule has 4 nitrogen and oxygen atoms in total. The second kappa shape index (κ2) is 6.69. The zero-order valence-corrected chi connectivity index (χ0v) is 11.2. The number of methoxy groups -OCH3 is 1. The molecule has 17 heavy (non-hydrogen) atoms. The molecule has 2 rings (SSSR count). The van der Waals surface area contributed by atoms with E-state index in [0.717, 1.165) is 32.3 Å². The molecule has 0 saturated carbocycles. The fourth-order valence-electron chi connectivity index (χ4n) is 2.97. The Morgan fingerprint density at radius 3 is 3.12 bits per heavy atom. The zero-order valence-electron chi connectivity index (χ0n) is 11.2. The molecule has 100 valence electrons. The third-order valence-electron chi connectivity index (χ3n) is 3.97. The van der Waals surface area contributed by atoms with Crippen LogP contribution in [0.2, 0.25) is 0 Å². The van der Waals surface area contributed by atoms with Gasteiger partial charge in [-0.1, -0.05) is 0 Å². The van der Waals surface area contributed by atoms with E-state index in [1.54, 1.807) is 7.11 Å². The van der Waals surface area contributed by atoms with Gasteiger partial charge in [-0.3, -0.25) is 0 Å². The van der Waals surface area contributed by atoms with Gasteiger partial charge in [-0.25, -0.2) is 0 Å². The van der Waals surface area contributed by atoms with E-state index in [9.17, 15) is 0 Å². The quantitative estimate of drug-likeness (QED) is 0.770. The summed E-state index contributed by atoms with van der Waals surface area (Å²) in [6, 6.07) is 1.19. The van der Waals surface area contributed by atoms with Crippen molar-refractivity contribution in [3.8, 4) is 0 Å². The number of hydrogen-bond acceptors (Lipinski definition) is 4. The lowest BCUT2D eigenvalue weighted by molar-refractivity contribution is 0.0633. The van der Waals surface area contributed by atoms with E-state index in [0.29, 0.717) is 12.1 Å². The van der Waals surface area contributed by atoms with Gasteiger partial charge in [0, 0.05) is 32.3 Å². The highest BCUT2D eigenvalue weighted by Crippen LogP contribution is 2.21. The second-order valence-electron chi connectivity index (χ2n) is 5.42. The first kappa shape index (κ1) is 13.3. The maximum Gasteiger partial charge on any atom is 0.0620 e. The summed E-state index contributed by atoms with van der Waals surface area (Å²) in [7, 11) is 1.80. The second-order valence-corrected chi connectivity index (χ2v) is 5.42. The first-order valence-corrected chi connectivity index (χ1v) is 6.83. The lowest BCUT2D eigenvalue weighted by Crippen LogP contribution is -2.45. The third-order valence-corrected chi connectivity index (χ3v) is 3.97. The van der Waals surface area contributed by atoms with Crippen molar-refractivity contribution in [2.75, 3.05) is 46.6 Å². The van der Waals surface area contributed by atoms with Crippen molar-refractivity contribution in [1.29, 1.82) is 0 Å². The molecule has 2 fully saturated rings. The monoisotopic (exact) mass is 242 g/mol. The van der Waals surface area contributed by atoms with Crippen LogP contribution in [0.3, 0.4) is 0 Å². The SMILES string of the molecule is COCC1CCN(C(C)CC2COCCN2)C1. The smallest absolute Gasteiger partial charge is 0.0620 e. The third kappa shape index (κ3) is 3.91. The molecular weight excluding hydrogens is 216 g/mol. The zero-order chi connectivity index (χ0) is 12.1. The lowest BCUT2D eigenvalue weighted by Gasteiger charge is -2.31. The molecule has 3 unspecified atom stereocenters. The van der Waals surface area contributed by atoms with E-state index < -0.39 is 0 Å². The van der Waals surface area contributed by atoms with Crippen molar-refractivity contribution >= 4 is 0 Å². The van der Waals surface area contributed by atoms with Crippen LogP contribution in [0.25, 0.3) is 0 Å². The molecule has 0 aromatic heterocycles. The standard InChI is InChI=1S/C13H26N2O2/c1-11(7-13-10-17-6-4-14-13)15-5-3-12(8-15)9-16-2/h11-14H,3-10H2,1-2H3. The lowest BCUT2D eigenvalue weighted by atomic mass is 10.1. The number of nitrogens with zero attached hydrogens (tertiary/aromatic N) is 1.